The third-order valence-electron chi connectivity index (χ3n) is 1.91. The van der Waals surface area contributed by atoms with Crippen molar-refractivity contribution in [3.05, 3.63) is 24.0 Å². The third-order valence-corrected chi connectivity index (χ3v) is 1.91. The van der Waals surface area contributed by atoms with E-state index in [1.807, 2.05) is 6.07 Å². The van der Waals surface area contributed by atoms with Crippen LogP contribution in [-0.2, 0) is 4.79 Å². The van der Waals surface area contributed by atoms with Crippen LogP contribution in [0, 0.1) is 17.2 Å². The first-order chi connectivity index (χ1) is 7.13. The lowest BCUT2D eigenvalue weighted by Crippen LogP contribution is -2.19. The smallest absolute Gasteiger partial charge is 0.308 e. The van der Waals surface area contributed by atoms with E-state index in [1.165, 1.54) is 6.20 Å². The van der Waals surface area contributed by atoms with Crippen LogP contribution < -0.4 is 5.32 Å². The van der Waals surface area contributed by atoms with Crippen molar-refractivity contribution in [1.29, 1.82) is 5.26 Å². The van der Waals surface area contributed by atoms with Gasteiger partial charge in [-0.25, -0.2) is 4.98 Å². The Labute approximate surface area is 87.4 Å². The summed E-state index contributed by atoms with van der Waals surface area (Å²) in [7, 11) is 0. The first-order valence-corrected chi connectivity index (χ1v) is 4.46. The van der Waals surface area contributed by atoms with E-state index in [0.29, 0.717) is 17.9 Å². The van der Waals surface area contributed by atoms with Gasteiger partial charge in [-0.2, -0.15) is 5.26 Å². The Morgan fingerprint density at radius 3 is 3.13 bits per heavy atom. The number of nitrogens with one attached hydrogen (secondary N) is 1. The van der Waals surface area contributed by atoms with E-state index < -0.39 is 11.9 Å². The second-order valence-corrected chi connectivity index (χ2v) is 3.16. The highest BCUT2D eigenvalue weighted by Crippen LogP contribution is 2.08. The van der Waals surface area contributed by atoms with E-state index in [2.05, 4.69) is 10.3 Å². The lowest BCUT2D eigenvalue weighted by Gasteiger charge is -2.09. The summed E-state index contributed by atoms with van der Waals surface area (Å²) in [6, 6.07) is 5.18. The van der Waals surface area contributed by atoms with Crippen molar-refractivity contribution in [2.24, 2.45) is 5.92 Å². The molecule has 0 saturated heterocycles. The predicted octanol–water partition coefficient (Wildman–Crippen LogP) is 1.09. The molecule has 1 aromatic rings. The molecule has 0 aliphatic carbocycles. The topological polar surface area (TPSA) is 86.0 Å². The molecule has 0 aliphatic rings. The number of aliphatic carboxylic acids is 1. The summed E-state index contributed by atoms with van der Waals surface area (Å²) >= 11 is 0. The highest BCUT2D eigenvalue weighted by molar-refractivity contribution is 5.70. The second kappa shape index (κ2) is 4.96. The van der Waals surface area contributed by atoms with Crippen molar-refractivity contribution >= 4 is 11.7 Å². The van der Waals surface area contributed by atoms with Gasteiger partial charge in [-0.15, -0.1) is 0 Å². The van der Waals surface area contributed by atoms with E-state index >= 15 is 0 Å². The van der Waals surface area contributed by atoms with Crippen LogP contribution in [0.15, 0.2) is 18.3 Å². The number of anilines is 1. The largest absolute Gasteiger partial charge is 0.481 e. The lowest BCUT2D eigenvalue weighted by molar-refractivity contribution is -0.140. The van der Waals surface area contributed by atoms with Crippen molar-refractivity contribution in [3.63, 3.8) is 0 Å². The van der Waals surface area contributed by atoms with Gasteiger partial charge in [0.1, 0.15) is 11.8 Å². The number of aromatic nitrogens is 1. The molecule has 78 valence electrons. The number of nitrogens with zero attached hydrogens (tertiary/aromatic N) is 2. The fourth-order valence-electron chi connectivity index (χ4n) is 0.960. The number of pyridine rings is 1. The molecule has 0 radical (unpaired) electrons. The van der Waals surface area contributed by atoms with Gasteiger partial charge < -0.3 is 10.4 Å². The molecule has 15 heavy (non-hydrogen) atoms. The summed E-state index contributed by atoms with van der Waals surface area (Å²) in [5, 5.41) is 20.2. The van der Waals surface area contributed by atoms with E-state index in [0.717, 1.165) is 0 Å². The Hall–Kier alpha value is -2.09. The van der Waals surface area contributed by atoms with Crippen LogP contribution in [0.1, 0.15) is 12.6 Å². The molecule has 1 atom stereocenters. The van der Waals surface area contributed by atoms with Crippen molar-refractivity contribution in [2.75, 3.05) is 11.9 Å². The maximum Gasteiger partial charge on any atom is 0.308 e. The van der Waals surface area contributed by atoms with Crippen LogP contribution in [-0.4, -0.2) is 22.6 Å². The van der Waals surface area contributed by atoms with E-state index in [1.54, 1.807) is 19.1 Å². The van der Waals surface area contributed by atoms with E-state index in [-0.39, 0.29) is 0 Å². The van der Waals surface area contributed by atoms with Gasteiger partial charge >= 0.3 is 5.97 Å². The Kier molecular flexibility index (Phi) is 3.63. The molecule has 1 aromatic heterocycles. The van der Waals surface area contributed by atoms with E-state index in [4.69, 9.17) is 10.4 Å². The van der Waals surface area contributed by atoms with Gasteiger partial charge in [0.25, 0.3) is 0 Å². The van der Waals surface area contributed by atoms with Crippen LogP contribution in [0.25, 0.3) is 0 Å². The SMILES string of the molecule is CC(CNc1ccnc(C#N)c1)C(=O)O. The minimum absolute atomic E-state index is 0.308. The lowest BCUT2D eigenvalue weighted by atomic mass is 10.2. The number of carboxylic acid groups (broad SMARTS) is 1. The summed E-state index contributed by atoms with van der Waals surface area (Å²) in [6.45, 7) is 1.94. The minimum atomic E-state index is -0.850. The molecule has 0 saturated carbocycles. The van der Waals surface area contributed by atoms with Crippen LogP contribution in [0.4, 0.5) is 5.69 Å². The first kappa shape index (κ1) is 11.0. The average Bonchev–Trinajstić information content (AvgIpc) is 2.26. The third kappa shape index (κ3) is 3.27. The van der Waals surface area contributed by atoms with Crippen LogP contribution >= 0.6 is 0 Å². The number of nitriles is 1. The number of carboxylic acids is 1. The first-order valence-electron chi connectivity index (χ1n) is 4.46. The quantitative estimate of drug-likeness (QED) is 0.768. The molecular formula is C10H11N3O2. The zero-order valence-corrected chi connectivity index (χ0v) is 8.27. The zero-order chi connectivity index (χ0) is 11.3. The van der Waals surface area contributed by atoms with Gasteiger partial charge in [-0.3, -0.25) is 4.79 Å². The summed E-state index contributed by atoms with van der Waals surface area (Å²) in [5.41, 5.74) is 1.01. The Balaban J connectivity index is 2.58. The molecule has 2 N–H and O–H groups in total. The fraction of sp³-hybridized carbons (Fsp3) is 0.300. The Morgan fingerprint density at radius 1 is 1.80 bits per heavy atom. The molecule has 1 rings (SSSR count). The van der Waals surface area contributed by atoms with Gasteiger partial charge in [0.2, 0.25) is 0 Å². The van der Waals surface area contributed by atoms with Crippen molar-refractivity contribution in [3.8, 4) is 6.07 Å². The molecule has 0 fully saturated rings. The molecule has 0 amide bonds. The normalized spacial score (nSPS) is 11.5. The van der Waals surface area contributed by atoms with Crippen molar-refractivity contribution in [1.82, 2.24) is 4.98 Å². The van der Waals surface area contributed by atoms with Crippen molar-refractivity contribution < 1.29 is 9.90 Å². The van der Waals surface area contributed by atoms with Crippen LogP contribution in [0.5, 0.6) is 0 Å². The van der Waals surface area contributed by atoms with Gasteiger partial charge in [0, 0.05) is 18.4 Å². The van der Waals surface area contributed by atoms with Crippen LogP contribution in [0.3, 0.4) is 0 Å². The summed E-state index contributed by atoms with van der Waals surface area (Å²) in [4.78, 5) is 14.3. The number of rotatable bonds is 4. The average molecular weight is 205 g/mol. The number of hydrogen-bond acceptors (Lipinski definition) is 4. The zero-order valence-electron chi connectivity index (χ0n) is 8.27. The van der Waals surface area contributed by atoms with E-state index in [9.17, 15) is 4.79 Å². The summed E-state index contributed by atoms with van der Waals surface area (Å²) in [5.74, 6) is -1.32. The molecular weight excluding hydrogens is 194 g/mol. The fourth-order valence-corrected chi connectivity index (χ4v) is 0.960. The van der Waals surface area contributed by atoms with Gasteiger partial charge in [-0.05, 0) is 12.1 Å². The highest BCUT2D eigenvalue weighted by atomic mass is 16.4. The minimum Gasteiger partial charge on any atom is -0.481 e. The Bertz CT molecular complexity index is 398. The molecule has 0 aliphatic heterocycles. The molecule has 0 spiro atoms. The standard InChI is InChI=1S/C10H11N3O2/c1-7(10(14)15)6-13-8-2-3-12-9(4-8)5-11/h2-4,7H,6H2,1H3,(H,12,13)(H,14,15). The van der Waals surface area contributed by atoms with Gasteiger partial charge in [-0.1, -0.05) is 6.92 Å². The molecule has 1 unspecified atom stereocenters. The summed E-state index contributed by atoms with van der Waals surface area (Å²) in [6.07, 6.45) is 1.51. The van der Waals surface area contributed by atoms with Crippen LogP contribution in [0.2, 0.25) is 0 Å². The Morgan fingerprint density at radius 2 is 2.53 bits per heavy atom. The summed E-state index contributed by atoms with van der Waals surface area (Å²) < 4.78 is 0. The second-order valence-electron chi connectivity index (χ2n) is 3.16. The van der Waals surface area contributed by atoms with Gasteiger partial charge in [0.05, 0.1) is 5.92 Å². The monoisotopic (exact) mass is 205 g/mol. The molecule has 5 heteroatoms. The number of hydrogen-bond donors (Lipinski definition) is 2. The van der Waals surface area contributed by atoms with Crippen molar-refractivity contribution in [2.45, 2.75) is 6.92 Å². The predicted molar refractivity (Wildman–Crippen MR) is 54.2 cm³/mol. The molecule has 1 heterocycles. The molecule has 0 aromatic carbocycles. The van der Waals surface area contributed by atoms with Gasteiger partial charge in [0.15, 0.2) is 0 Å². The maximum atomic E-state index is 10.5. The highest BCUT2D eigenvalue weighted by Gasteiger charge is 2.09. The number of carbonyl (C=O) groups is 1. The maximum absolute atomic E-state index is 10.5. The molecule has 5 nitrogen and oxygen atoms in total. The molecule has 0 bridgehead atoms.